The van der Waals surface area contributed by atoms with Crippen molar-refractivity contribution in [2.45, 2.75) is 33.1 Å². The third-order valence-corrected chi connectivity index (χ3v) is 3.43. The Labute approximate surface area is 104 Å². The van der Waals surface area contributed by atoms with E-state index in [1.807, 2.05) is 12.4 Å². The van der Waals surface area contributed by atoms with Gasteiger partial charge in [0.15, 0.2) is 0 Å². The molecule has 1 atom stereocenters. The summed E-state index contributed by atoms with van der Waals surface area (Å²) in [6.45, 7) is 6.66. The zero-order chi connectivity index (χ0) is 12.3. The van der Waals surface area contributed by atoms with E-state index in [0.717, 1.165) is 6.42 Å². The van der Waals surface area contributed by atoms with Crippen LogP contribution < -0.4 is 0 Å². The van der Waals surface area contributed by atoms with E-state index < -0.39 is 0 Å². The number of nitrogens with zero attached hydrogens (tertiary/aromatic N) is 1. The number of benzene rings is 1. The van der Waals surface area contributed by atoms with Crippen LogP contribution in [0.2, 0.25) is 0 Å². The van der Waals surface area contributed by atoms with Gasteiger partial charge in [0.1, 0.15) is 0 Å². The molecule has 0 fully saturated rings. The smallest absolute Gasteiger partial charge is 0.0349 e. The molecule has 1 aromatic carbocycles. The van der Waals surface area contributed by atoms with Gasteiger partial charge in [-0.1, -0.05) is 38.1 Å². The van der Waals surface area contributed by atoms with Crippen LogP contribution >= 0.6 is 0 Å². The molecule has 0 bridgehead atoms. The van der Waals surface area contributed by atoms with Crippen LogP contribution in [0.25, 0.3) is 11.1 Å². The molecule has 0 aliphatic rings. The van der Waals surface area contributed by atoms with E-state index in [0.29, 0.717) is 5.92 Å². The normalized spacial score (nSPS) is 12.4. The third kappa shape index (κ3) is 2.38. The van der Waals surface area contributed by atoms with Gasteiger partial charge in [-0.3, -0.25) is 4.98 Å². The van der Waals surface area contributed by atoms with E-state index >= 15 is 0 Å². The highest BCUT2D eigenvalue weighted by molar-refractivity contribution is 5.70. The highest BCUT2D eigenvalue weighted by Gasteiger charge is 2.11. The van der Waals surface area contributed by atoms with Crippen molar-refractivity contribution in [2.75, 3.05) is 0 Å². The standard InChI is InChI=1S/C16H19N/c1-4-12(2)14-7-5-6-8-15(14)16-11-17-10-9-13(16)3/h5-12H,4H2,1-3H3. The zero-order valence-corrected chi connectivity index (χ0v) is 10.8. The van der Waals surface area contributed by atoms with E-state index in [1.165, 1.54) is 22.3 Å². The summed E-state index contributed by atoms with van der Waals surface area (Å²) in [5, 5.41) is 0. The number of aryl methyl sites for hydroxylation is 1. The summed E-state index contributed by atoms with van der Waals surface area (Å²) in [7, 11) is 0. The molecule has 0 aliphatic heterocycles. The Morgan fingerprint density at radius 3 is 2.59 bits per heavy atom. The van der Waals surface area contributed by atoms with Crippen LogP contribution in [0.15, 0.2) is 42.7 Å². The fourth-order valence-electron chi connectivity index (χ4n) is 2.14. The minimum atomic E-state index is 0.589. The SMILES string of the molecule is CCC(C)c1ccccc1-c1cnccc1C. The van der Waals surface area contributed by atoms with Gasteiger partial charge in [-0.15, -0.1) is 0 Å². The first-order chi connectivity index (χ1) is 8.24. The van der Waals surface area contributed by atoms with Crippen molar-refractivity contribution in [3.8, 4) is 11.1 Å². The predicted molar refractivity (Wildman–Crippen MR) is 73.1 cm³/mol. The van der Waals surface area contributed by atoms with Crippen molar-refractivity contribution in [1.29, 1.82) is 0 Å². The maximum Gasteiger partial charge on any atom is 0.0349 e. The molecule has 1 nitrogen and oxygen atoms in total. The van der Waals surface area contributed by atoms with Crippen molar-refractivity contribution in [3.05, 3.63) is 53.9 Å². The molecule has 0 saturated heterocycles. The Morgan fingerprint density at radius 2 is 1.88 bits per heavy atom. The zero-order valence-electron chi connectivity index (χ0n) is 10.8. The lowest BCUT2D eigenvalue weighted by atomic mass is 9.89. The number of hydrogen-bond donors (Lipinski definition) is 0. The summed E-state index contributed by atoms with van der Waals surface area (Å²) >= 11 is 0. The third-order valence-electron chi connectivity index (χ3n) is 3.43. The van der Waals surface area contributed by atoms with E-state index in [9.17, 15) is 0 Å². The maximum absolute atomic E-state index is 4.25. The minimum Gasteiger partial charge on any atom is -0.264 e. The quantitative estimate of drug-likeness (QED) is 0.745. The van der Waals surface area contributed by atoms with Gasteiger partial charge in [0.2, 0.25) is 0 Å². The summed E-state index contributed by atoms with van der Waals surface area (Å²) in [4.78, 5) is 4.25. The van der Waals surface area contributed by atoms with Crippen LogP contribution in [0, 0.1) is 6.92 Å². The molecule has 0 N–H and O–H groups in total. The molecule has 1 heterocycles. The summed E-state index contributed by atoms with van der Waals surface area (Å²) in [6.07, 6.45) is 4.98. The highest BCUT2D eigenvalue weighted by Crippen LogP contribution is 2.31. The second kappa shape index (κ2) is 5.13. The van der Waals surface area contributed by atoms with E-state index in [-0.39, 0.29) is 0 Å². The molecule has 2 rings (SSSR count). The van der Waals surface area contributed by atoms with Gasteiger partial charge in [0.25, 0.3) is 0 Å². The van der Waals surface area contributed by atoms with Gasteiger partial charge in [-0.25, -0.2) is 0 Å². The van der Waals surface area contributed by atoms with Crippen molar-refractivity contribution in [3.63, 3.8) is 0 Å². The molecule has 0 saturated carbocycles. The van der Waals surface area contributed by atoms with Gasteiger partial charge in [0.05, 0.1) is 0 Å². The second-order valence-corrected chi connectivity index (χ2v) is 4.59. The fourth-order valence-corrected chi connectivity index (χ4v) is 2.14. The summed E-state index contributed by atoms with van der Waals surface area (Å²) in [5.41, 5.74) is 5.29. The van der Waals surface area contributed by atoms with Crippen LogP contribution in [0.5, 0.6) is 0 Å². The number of aromatic nitrogens is 1. The predicted octanol–water partition coefficient (Wildman–Crippen LogP) is 4.57. The molecule has 0 spiro atoms. The van der Waals surface area contributed by atoms with E-state index in [2.05, 4.69) is 56.1 Å². The van der Waals surface area contributed by atoms with Gasteiger partial charge >= 0.3 is 0 Å². The second-order valence-electron chi connectivity index (χ2n) is 4.59. The van der Waals surface area contributed by atoms with E-state index in [4.69, 9.17) is 0 Å². The fraction of sp³-hybridized carbons (Fsp3) is 0.312. The Kier molecular flexibility index (Phi) is 3.58. The van der Waals surface area contributed by atoms with Crippen molar-refractivity contribution in [2.24, 2.45) is 0 Å². The van der Waals surface area contributed by atoms with Crippen molar-refractivity contribution in [1.82, 2.24) is 4.98 Å². The first kappa shape index (κ1) is 11.8. The Hall–Kier alpha value is -1.63. The molecule has 88 valence electrons. The maximum atomic E-state index is 4.25. The summed E-state index contributed by atoms with van der Waals surface area (Å²) in [6, 6.07) is 10.7. The molecular formula is C16H19N. The van der Waals surface area contributed by atoms with Crippen LogP contribution in [-0.4, -0.2) is 4.98 Å². The minimum absolute atomic E-state index is 0.589. The molecule has 1 heteroatoms. The average molecular weight is 225 g/mol. The lowest BCUT2D eigenvalue weighted by Gasteiger charge is -2.16. The molecule has 0 aliphatic carbocycles. The molecular weight excluding hydrogens is 206 g/mol. The summed E-state index contributed by atoms with van der Waals surface area (Å²) < 4.78 is 0. The van der Waals surface area contributed by atoms with Crippen molar-refractivity contribution < 1.29 is 0 Å². The Bertz CT molecular complexity index is 502. The van der Waals surface area contributed by atoms with Gasteiger partial charge < -0.3 is 0 Å². The van der Waals surface area contributed by atoms with Crippen LogP contribution in [0.4, 0.5) is 0 Å². The lowest BCUT2D eigenvalue weighted by molar-refractivity contribution is 0.735. The van der Waals surface area contributed by atoms with E-state index in [1.54, 1.807) is 0 Å². The van der Waals surface area contributed by atoms with Gasteiger partial charge in [0, 0.05) is 18.0 Å². The van der Waals surface area contributed by atoms with Crippen molar-refractivity contribution >= 4 is 0 Å². The average Bonchev–Trinajstić information content (AvgIpc) is 2.38. The van der Waals surface area contributed by atoms with Crippen LogP contribution in [0.3, 0.4) is 0 Å². The first-order valence-electron chi connectivity index (χ1n) is 6.24. The topological polar surface area (TPSA) is 12.9 Å². The lowest BCUT2D eigenvalue weighted by Crippen LogP contribution is -1.96. The Balaban J connectivity index is 2.56. The molecule has 17 heavy (non-hydrogen) atoms. The van der Waals surface area contributed by atoms with Gasteiger partial charge in [-0.05, 0) is 42.0 Å². The molecule has 0 amide bonds. The largest absolute Gasteiger partial charge is 0.264 e. The number of pyridine rings is 1. The number of hydrogen-bond acceptors (Lipinski definition) is 1. The van der Waals surface area contributed by atoms with Crippen LogP contribution in [-0.2, 0) is 0 Å². The highest BCUT2D eigenvalue weighted by atomic mass is 14.6. The number of rotatable bonds is 3. The molecule has 1 unspecified atom stereocenters. The van der Waals surface area contributed by atoms with Gasteiger partial charge in [-0.2, -0.15) is 0 Å². The first-order valence-corrected chi connectivity index (χ1v) is 6.24. The molecule has 1 aromatic heterocycles. The summed E-state index contributed by atoms with van der Waals surface area (Å²) in [5.74, 6) is 0.589. The molecule has 2 aromatic rings. The monoisotopic (exact) mass is 225 g/mol. The Morgan fingerprint density at radius 1 is 1.12 bits per heavy atom. The van der Waals surface area contributed by atoms with Crippen LogP contribution in [0.1, 0.15) is 37.3 Å². The molecule has 0 radical (unpaired) electrons.